The molecule has 0 aromatic heterocycles. The van der Waals surface area contributed by atoms with Gasteiger partial charge < -0.3 is 4.90 Å². The lowest BCUT2D eigenvalue weighted by atomic mass is 9.93. The summed E-state index contributed by atoms with van der Waals surface area (Å²) < 4.78 is 1.06. The summed E-state index contributed by atoms with van der Waals surface area (Å²) in [7, 11) is 1.85. The maximum Gasteiger partial charge on any atom is 0.234 e. The third-order valence-electron chi connectivity index (χ3n) is 3.66. The number of para-hydroxylation sites is 1. The molecule has 0 N–H and O–H groups in total. The van der Waals surface area contributed by atoms with Crippen molar-refractivity contribution < 1.29 is 4.79 Å². The smallest absolute Gasteiger partial charge is 0.234 e. The highest BCUT2D eigenvalue weighted by Gasteiger charge is 2.34. The Morgan fingerprint density at radius 3 is 2.53 bits per heavy atom. The van der Waals surface area contributed by atoms with E-state index in [9.17, 15) is 4.79 Å². The Bertz CT molecular complexity index is 621. The van der Waals surface area contributed by atoms with Gasteiger partial charge in [-0.1, -0.05) is 46.3 Å². The number of nitrogens with zero attached hydrogens (tertiary/aromatic N) is 1. The molecule has 0 unspecified atom stereocenters. The lowest BCUT2D eigenvalue weighted by molar-refractivity contribution is -0.119. The molecule has 0 saturated heterocycles. The van der Waals surface area contributed by atoms with E-state index in [1.54, 1.807) is 4.90 Å². The number of carbonyl (C=O) groups is 1. The number of halogens is 1. The summed E-state index contributed by atoms with van der Waals surface area (Å²) in [6.45, 7) is 0. The normalized spacial score (nSPS) is 17.7. The molecule has 96 valence electrons. The summed E-state index contributed by atoms with van der Waals surface area (Å²) in [4.78, 5) is 14.1. The van der Waals surface area contributed by atoms with E-state index < -0.39 is 0 Å². The van der Waals surface area contributed by atoms with E-state index in [0.717, 1.165) is 22.1 Å². The fraction of sp³-hybridized carbons (Fsp3) is 0.188. The van der Waals surface area contributed by atoms with Crippen molar-refractivity contribution in [1.82, 2.24) is 0 Å². The van der Waals surface area contributed by atoms with Crippen molar-refractivity contribution in [2.75, 3.05) is 11.9 Å². The first-order chi connectivity index (χ1) is 9.16. The number of benzene rings is 2. The largest absolute Gasteiger partial charge is 0.315 e. The maximum absolute atomic E-state index is 12.4. The van der Waals surface area contributed by atoms with Gasteiger partial charge in [-0.05, 0) is 35.7 Å². The van der Waals surface area contributed by atoms with Gasteiger partial charge in [0.15, 0.2) is 0 Å². The second kappa shape index (κ2) is 4.82. The van der Waals surface area contributed by atoms with Crippen LogP contribution >= 0.6 is 15.9 Å². The van der Waals surface area contributed by atoms with Crippen LogP contribution in [0.1, 0.15) is 17.0 Å². The summed E-state index contributed by atoms with van der Waals surface area (Å²) >= 11 is 3.43. The van der Waals surface area contributed by atoms with Gasteiger partial charge in [-0.3, -0.25) is 4.79 Å². The van der Waals surface area contributed by atoms with Crippen LogP contribution in [-0.4, -0.2) is 13.0 Å². The summed E-state index contributed by atoms with van der Waals surface area (Å²) in [6, 6.07) is 16.2. The Labute approximate surface area is 121 Å². The number of hydrogen-bond acceptors (Lipinski definition) is 1. The molecule has 2 aromatic carbocycles. The van der Waals surface area contributed by atoms with E-state index >= 15 is 0 Å². The molecule has 1 atom stereocenters. The predicted octanol–water partition coefficient (Wildman–Crippen LogP) is 3.75. The van der Waals surface area contributed by atoms with Crippen LogP contribution < -0.4 is 4.90 Å². The number of fused-ring (bicyclic) bond motifs is 1. The van der Waals surface area contributed by atoms with Crippen molar-refractivity contribution in [3.05, 3.63) is 64.1 Å². The third-order valence-corrected chi connectivity index (χ3v) is 4.18. The second-order valence-electron chi connectivity index (χ2n) is 4.84. The molecule has 2 aromatic rings. The molecule has 0 fully saturated rings. The summed E-state index contributed by atoms with van der Waals surface area (Å²) in [5, 5.41) is 0. The summed E-state index contributed by atoms with van der Waals surface area (Å²) in [6.07, 6.45) is 0.757. The molecule has 1 aliphatic heterocycles. The van der Waals surface area contributed by atoms with Crippen LogP contribution in [0, 0.1) is 0 Å². The first-order valence-electron chi connectivity index (χ1n) is 6.28. The number of amides is 1. The topological polar surface area (TPSA) is 20.3 Å². The molecule has 19 heavy (non-hydrogen) atoms. The summed E-state index contributed by atoms with van der Waals surface area (Å²) in [5.41, 5.74) is 3.36. The molecule has 0 spiro atoms. The molecule has 1 amide bonds. The van der Waals surface area contributed by atoms with Gasteiger partial charge in [0.2, 0.25) is 5.91 Å². The minimum Gasteiger partial charge on any atom is -0.315 e. The molecule has 3 rings (SSSR count). The first kappa shape index (κ1) is 12.4. The average Bonchev–Trinajstić information content (AvgIpc) is 2.67. The number of anilines is 1. The molecule has 0 saturated carbocycles. The van der Waals surface area contributed by atoms with Gasteiger partial charge in [0, 0.05) is 17.2 Å². The quantitative estimate of drug-likeness (QED) is 0.826. The number of likely N-dealkylation sites (N-methyl/N-ethyl adjacent to an activating group) is 1. The van der Waals surface area contributed by atoms with Crippen molar-refractivity contribution in [3.8, 4) is 0 Å². The van der Waals surface area contributed by atoms with Crippen molar-refractivity contribution in [3.63, 3.8) is 0 Å². The van der Waals surface area contributed by atoms with E-state index in [0.29, 0.717) is 0 Å². The second-order valence-corrected chi connectivity index (χ2v) is 5.75. The predicted molar refractivity (Wildman–Crippen MR) is 80.4 cm³/mol. The van der Waals surface area contributed by atoms with Crippen molar-refractivity contribution in [2.45, 2.75) is 12.3 Å². The van der Waals surface area contributed by atoms with Gasteiger partial charge in [0.05, 0.1) is 5.92 Å². The zero-order chi connectivity index (χ0) is 13.4. The fourth-order valence-electron chi connectivity index (χ4n) is 2.63. The first-order valence-corrected chi connectivity index (χ1v) is 7.07. The Morgan fingerprint density at radius 1 is 1.11 bits per heavy atom. The fourth-order valence-corrected chi connectivity index (χ4v) is 2.89. The Balaban J connectivity index is 1.93. The van der Waals surface area contributed by atoms with Crippen molar-refractivity contribution >= 4 is 27.5 Å². The van der Waals surface area contributed by atoms with Crippen LogP contribution in [0.2, 0.25) is 0 Å². The third kappa shape index (κ3) is 2.19. The standard InChI is InChI=1S/C16H14BrNO/c1-18-15-5-3-2-4-13(15)14(16(18)19)10-11-6-8-12(17)9-7-11/h2-9,14H,10H2,1H3/t14-/m0/s1. The number of rotatable bonds is 2. The molecular formula is C16H14BrNO. The SMILES string of the molecule is CN1C(=O)[C@@H](Cc2ccc(Br)cc2)c2ccccc21. The highest BCUT2D eigenvalue weighted by Crippen LogP contribution is 2.37. The lowest BCUT2D eigenvalue weighted by Crippen LogP contribution is -2.24. The minimum atomic E-state index is -0.0534. The highest BCUT2D eigenvalue weighted by molar-refractivity contribution is 9.10. The van der Waals surface area contributed by atoms with Crippen LogP contribution in [0.3, 0.4) is 0 Å². The molecule has 0 aliphatic carbocycles. The van der Waals surface area contributed by atoms with Crippen LogP contribution in [-0.2, 0) is 11.2 Å². The van der Waals surface area contributed by atoms with Gasteiger partial charge in [0.25, 0.3) is 0 Å². The van der Waals surface area contributed by atoms with E-state index in [4.69, 9.17) is 0 Å². The molecule has 0 bridgehead atoms. The van der Waals surface area contributed by atoms with E-state index in [1.165, 1.54) is 5.56 Å². The zero-order valence-electron chi connectivity index (χ0n) is 10.6. The molecular weight excluding hydrogens is 302 g/mol. The summed E-state index contributed by atoms with van der Waals surface area (Å²) in [5.74, 6) is 0.131. The monoisotopic (exact) mass is 315 g/mol. The van der Waals surface area contributed by atoms with E-state index in [-0.39, 0.29) is 11.8 Å². The van der Waals surface area contributed by atoms with E-state index in [1.807, 2.05) is 37.4 Å². The van der Waals surface area contributed by atoms with Crippen molar-refractivity contribution in [2.24, 2.45) is 0 Å². The maximum atomic E-state index is 12.4. The van der Waals surface area contributed by atoms with Gasteiger partial charge >= 0.3 is 0 Å². The Hall–Kier alpha value is -1.61. The number of hydrogen-bond donors (Lipinski definition) is 0. The van der Waals surface area contributed by atoms with Crippen LogP contribution in [0.25, 0.3) is 0 Å². The molecule has 1 heterocycles. The Morgan fingerprint density at radius 2 is 1.79 bits per heavy atom. The van der Waals surface area contributed by atoms with Crippen LogP contribution in [0.5, 0.6) is 0 Å². The van der Waals surface area contributed by atoms with E-state index in [2.05, 4.69) is 34.1 Å². The zero-order valence-corrected chi connectivity index (χ0v) is 12.2. The van der Waals surface area contributed by atoms with Gasteiger partial charge in [0.1, 0.15) is 0 Å². The molecule has 3 heteroatoms. The van der Waals surface area contributed by atoms with Crippen LogP contribution in [0.4, 0.5) is 5.69 Å². The van der Waals surface area contributed by atoms with Crippen LogP contribution in [0.15, 0.2) is 53.0 Å². The molecule has 2 nitrogen and oxygen atoms in total. The molecule has 0 radical (unpaired) electrons. The van der Waals surface area contributed by atoms with Gasteiger partial charge in [-0.15, -0.1) is 0 Å². The van der Waals surface area contributed by atoms with Gasteiger partial charge in [-0.2, -0.15) is 0 Å². The Kier molecular flexibility index (Phi) is 3.15. The minimum absolute atomic E-state index is 0.0534. The average molecular weight is 316 g/mol. The van der Waals surface area contributed by atoms with Gasteiger partial charge in [-0.25, -0.2) is 0 Å². The van der Waals surface area contributed by atoms with Crippen molar-refractivity contribution in [1.29, 1.82) is 0 Å². The lowest BCUT2D eigenvalue weighted by Gasteiger charge is -2.11. The molecule has 1 aliphatic rings. The highest BCUT2D eigenvalue weighted by atomic mass is 79.9. The number of carbonyl (C=O) groups excluding carboxylic acids is 1.